The molecule has 0 atom stereocenters. The van der Waals surface area contributed by atoms with Crippen LogP contribution in [0.1, 0.15) is 12.1 Å². The lowest BCUT2D eigenvalue weighted by atomic mass is 10.2. The number of methoxy groups -OCH3 is 1. The summed E-state index contributed by atoms with van der Waals surface area (Å²) in [5, 5.41) is 13.5. The summed E-state index contributed by atoms with van der Waals surface area (Å²) in [5.74, 6) is 1.86. The number of aromatic nitrogens is 4. The zero-order chi connectivity index (χ0) is 23.9. The lowest BCUT2D eigenvalue weighted by molar-refractivity contribution is -0.115. The number of nitrogens with one attached hydrogen (secondary N) is 3. The van der Waals surface area contributed by atoms with Crippen LogP contribution < -0.4 is 20.1 Å². The molecular weight excluding hydrogens is 463 g/mol. The van der Waals surface area contributed by atoms with Gasteiger partial charge in [0.15, 0.2) is 17.3 Å². The van der Waals surface area contributed by atoms with E-state index in [1.807, 2.05) is 0 Å². The highest BCUT2D eigenvalue weighted by molar-refractivity contribution is 6.17. The number of hydrogen-bond donors (Lipinski definition) is 3. The fourth-order valence-corrected chi connectivity index (χ4v) is 3.36. The van der Waals surface area contributed by atoms with Gasteiger partial charge in [-0.05, 0) is 30.7 Å². The van der Waals surface area contributed by atoms with E-state index >= 15 is 0 Å². The molecule has 34 heavy (non-hydrogen) atoms. The topological polar surface area (TPSA) is 114 Å². The Labute approximate surface area is 199 Å². The molecule has 0 aliphatic heterocycles. The zero-order valence-corrected chi connectivity index (χ0v) is 19.0. The fourth-order valence-electron chi connectivity index (χ4n) is 3.25. The van der Waals surface area contributed by atoms with E-state index < -0.39 is 5.82 Å². The Morgan fingerprint density at radius 3 is 2.85 bits per heavy atom. The van der Waals surface area contributed by atoms with Crippen molar-refractivity contribution in [1.29, 1.82) is 0 Å². The molecule has 0 saturated carbocycles. The van der Waals surface area contributed by atoms with Crippen LogP contribution in [-0.2, 0) is 11.2 Å². The average Bonchev–Trinajstić information content (AvgIpc) is 3.25. The predicted molar refractivity (Wildman–Crippen MR) is 128 cm³/mol. The van der Waals surface area contributed by atoms with Crippen LogP contribution in [0.4, 0.5) is 21.7 Å². The quantitative estimate of drug-likeness (QED) is 0.225. The normalized spacial score (nSPS) is 10.8. The minimum absolute atomic E-state index is 0.0343. The summed E-state index contributed by atoms with van der Waals surface area (Å²) in [7, 11) is 1.56. The van der Waals surface area contributed by atoms with Gasteiger partial charge in [-0.25, -0.2) is 14.4 Å². The Balaban J connectivity index is 1.48. The first-order valence-corrected chi connectivity index (χ1v) is 11.0. The molecule has 0 aliphatic carbocycles. The van der Waals surface area contributed by atoms with E-state index in [9.17, 15) is 9.18 Å². The van der Waals surface area contributed by atoms with Crippen molar-refractivity contribution in [2.45, 2.75) is 12.8 Å². The number of fused-ring (bicyclic) bond motifs is 1. The maximum atomic E-state index is 13.3. The average molecular weight is 485 g/mol. The third-order valence-electron chi connectivity index (χ3n) is 4.79. The van der Waals surface area contributed by atoms with E-state index in [2.05, 4.69) is 30.8 Å². The van der Waals surface area contributed by atoms with E-state index in [0.29, 0.717) is 64.3 Å². The smallest absolute Gasteiger partial charge is 0.230 e. The number of amides is 1. The Kier molecular flexibility index (Phi) is 7.38. The molecule has 2 heterocycles. The largest absolute Gasteiger partial charge is 0.493 e. The van der Waals surface area contributed by atoms with Crippen LogP contribution in [0.3, 0.4) is 0 Å². The maximum Gasteiger partial charge on any atom is 0.230 e. The summed E-state index contributed by atoms with van der Waals surface area (Å²) in [4.78, 5) is 20.9. The molecule has 2 aromatic carbocycles. The number of H-pyrrole nitrogens is 1. The summed E-state index contributed by atoms with van der Waals surface area (Å²) < 4.78 is 24.5. The number of alkyl halides is 1. The Morgan fingerprint density at radius 1 is 1.18 bits per heavy atom. The highest BCUT2D eigenvalue weighted by Gasteiger charge is 2.14. The highest BCUT2D eigenvalue weighted by atomic mass is 35.5. The molecule has 9 nitrogen and oxygen atoms in total. The maximum absolute atomic E-state index is 13.3. The van der Waals surface area contributed by atoms with Crippen molar-refractivity contribution in [2.75, 3.05) is 30.2 Å². The van der Waals surface area contributed by atoms with E-state index in [0.717, 1.165) is 0 Å². The molecular formula is C23H22ClFN6O3. The fraction of sp³-hybridized carbons (Fsp3) is 0.217. The summed E-state index contributed by atoms with van der Waals surface area (Å²) >= 11 is 5.72. The van der Waals surface area contributed by atoms with Gasteiger partial charge in [0.2, 0.25) is 5.91 Å². The van der Waals surface area contributed by atoms with E-state index in [4.69, 9.17) is 21.1 Å². The first-order chi connectivity index (χ1) is 16.6. The SMILES string of the molecule is COc1cc2c(Nc3cc(CC(=O)Nc4cccc(F)c4)[nH]n3)ncnc2cc1OCCCCl. The van der Waals surface area contributed by atoms with Crippen LogP contribution in [0, 0.1) is 5.82 Å². The van der Waals surface area contributed by atoms with Gasteiger partial charge in [-0.15, -0.1) is 11.6 Å². The van der Waals surface area contributed by atoms with Gasteiger partial charge in [-0.3, -0.25) is 9.89 Å². The molecule has 0 saturated heterocycles. The standard InChI is InChI=1S/C23H22ClFN6O3/c1-33-19-11-17-18(12-20(19)34-7-3-6-24)26-13-27-23(17)29-21-9-16(30-31-21)10-22(32)28-15-5-2-4-14(25)8-15/h2,4-5,8-9,11-13H,3,6-7,10H2,1H3,(H,28,32)(H2,26,27,29,30,31). The van der Waals surface area contributed by atoms with Crippen molar-refractivity contribution in [3.05, 3.63) is 60.3 Å². The number of rotatable bonds is 10. The van der Waals surface area contributed by atoms with Crippen molar-refractivity contribution in [2.24, 2.45) is 0 Å². The summed E-state index contributed by atoms with van der Waals surface area (Å²) in [5.41, 5.74) is 1.61. The molecule has 0 spiro atoms. The van der Waals surface area contributed by atoms with Crippen LogP contribution >= 0.6 is 11.6 Å². The second kappa shape index (κ2) is 10.8. The summed E-state index contributed by atoms with van der Waals surface area (Å²) in [6.45, 7) is 0.463. The number of benzene rings is 2. The first-order valence-electron chi connectivity index (χ1n) is 10.4. The molecule has 4 aromatic rings. The molecule has 0 fully saturated rings. The number of anilines is 3. The van der Waals surface area contributed by atoms with Crippen molar-refractivity contribution in [3.8, 4) is 11.5 Å². The van der Waals surface area contributed by atoms with Gasteiger partial charge in [-0.1, -0.05) is 6.07 Å². The monoisotopic (exact) mass is 484 g/mol. The number of nitrogens with zero attached hydrogens (tertiary/aromatic N) is 3. The van der Waals surface area contributed by atoms with Crippen LogP contribution in [0.5, 0.6) is 11.5 Å². The molecule has 0 bridgehead atoms. The van der Waals surface area contributed by atoms with Gasteiger partial charge in [-0.2, -0.15) is 5.10 Å². The van der Waals surface area contributed by atoms with Gasteiger partial charge in [0.1, 0.15) is 18.0 Å². The van der Waals surface area contributed by atoms with Crippen LogP contribution in [0.15, 0.2) is 48.8 Å². The Hall–Kier alpha value is -3.92. The molecule has 0 radical (unpaired) electrons. The van der Waals surface area contributed by atoms with E-state index in [1.54, 1.807) is 31.4 Å². The molecule has 176 valence electrons. The Bertz CT molecular complexity index is 1300. The van der Waals surface area contributed by atoms with Gasteiger partial charge in [0.25, 0.3) is 0 Å². The lowest BCUT2D eigenvalue weighted by Crippen LogP contribution is -2.14. The second-order valence-electron chi connectivity index (χ2n) is 7.27. The number of carbonyl (C=O) groups excluding carboxylic acids is 1. The van der Waals surface area contributed by atoms with Crippen LogP contribution in [0.2, 0.25) is 0 Å². The number of hydrogen-bond acceptors (Lipinski definition) is 7. The minimum atomic E-state index is -0.423. The molecule has 0 aliphatic rings. The van der Waals surface area contributed by atoms with Gasteiger partial charge in [0.05, 0.1) is 25.7 Å². The van der Waals surface area contributed by atoms with Crippen molar-refractivity contribution in [1.82, 2.24) is 20.2 Å². The van der Waals surface area contributed by atoms with Crippen LogP contribution in [-0.4, -0.2) is 45.7 Å². The summed E-state index contributed by atoms with van der Waals surface area (Å²) in [6.07, 6.45) is 2.17. The third kappa shape index (κ3) is 5.70. The highest BCUT2D eigenvalue weighted by Crippen LogP contribution is 2.34. The van der Waals surface area contributed by atoms with Crippen molar-refractivity contribution in [3.63, 3.8) is 0 Å². The number of halogens is 2. The predicted octanol–water partition coefficient (Wildman–Crippen LogP) is 4.43. The lowest BCUT2D eigenvalue weighted by Gasteiger charge is -2.13. The molecule has 4 rings (SSSR count). The van der Waals surface area contributed by atoms with Gasteiger partial charge < -0.3 is 20.1 Å². The number of ether oxygens (including phenoxy) is 2. The van der Waals surface area contributed by atoms with E-state index in [-0.39, 0.29) is 12.3 Å². The number of carbonyl (C=O) groups is 1. The molecule has 11 heteroatoms. The zero-order valence-electron chi connectivity index (χ0n) is 18.3. The van der Waals surface area contributed by atoms with Gasteiger partial charge >= 0.3 is 0 Å². The molecule has 0 unspecified atom stereocenters. The van der Waals surface area contributed by atoms with Crippen molar-refractivity contribution >= 4 is 45.7 Å². The van der Waals surface area contributed by atoms with Crippen LogP contribution in [0.25, 0.3) is 10.9 Å². The first kappa shape index (κ1) is 23.2. The van der Waals surface area contributed by atoms with Crippen molar-refractivity contribution < 1.29 is 18.7 Å². The molecule has 2 aromatic heterocycles. The Morgan fingerprint density at radius 2 is 2.06 bits per heavy atom. The summed E-state index contributed by atoms with van der Waals surface area (Å²) in [6, 6.07) is 11.0. The third-order valence-corrected chi connectivity index (χ3v) is 5.06. The second-order valence-corrected chi connectivity index (χ2v) is 7.65. The molecule has 3 N–H and O–H groups in total. The molecule has 1 amide bonds. The number of aromatic amines is 1. The van der Waals surface area contributed by atoms with E-state index in [1.165, 1.54) is 24.5 Å². The minimum Gasteiger partial charge on any atom is -0.493 e. The van der Waals surface area contributed by atoms with Gasteiger partial charge in [0, 0.05) is 34.8 Å².